The smallest absolute Gasteiger partial charge is 0.447 e. The van der Waals surface area contributed by atoms with Crippen molar-refractivity contribution in [3.05, 3.63) is 0 Å². The summed E-state index contributed by atoms with van der Waals surface area (Å²) in [7, 11) is 1.25. The average Bonchev–Trinajstić information content (AvgIpc) is 2.88. The third-order valence-corrected chi connectivity index (χ3v) is 3.91. The van der Waals surface area contributed by atoms with Gasteiger partial charge in [0, 0.05) is 12.5 Å². The van der Waals surface area contributed by atoms with Crippen LogP contribution >= 0.6 is 7.82 Å². The molecule has 1 aliphatic heterocycles. The highest BCUT2D eigenvalue weighted by Crippen LogP contribution is 2.35. The SMILES string of the molecule is [B]C1CCC(COC(=O)NCCCCCCCOP(=O)(O)O)O1. The number of hydrogen-bond donors (Lipinski definition) is 3. The Morgan fingerprint density at radius 1 is 1.22 bits per heavy atom. The minimum absolute atomic E-state index is 0.0573. The van der Waals surface area contributed by atoms with E-state index in [1.165, 1.54) is 0 Å². The zero-order chi connectivity index (χ0) is 17.1. The highest BCUT2D eigenvalue weighted by molar-refractivity contribution is 7.46. The van der Waals surface area contributed by atoms with Crippen molar-refractivity contribution in [1.82, 2.24) is 5.32 Å². The van der Waals surface area contributed by atoms with E-state index in [-0.39, 0.29) is 25.3 Å². The summed E-state index contributed by atoms with van der Waals surface area (Å²) in [6.07, 6.45) is 5.10. The number of phosphoric acid groups is 1. The van der Waals surface area contributed by atoms with Gasteiger partial charge in [0.2, 0.25) is 0 Å². The quantitative estimate of drug-likeness (QED) is 0.294. The molecule has 2 radical (unpaired) electrons. The molecule has 23 heavy (non-hydrogen) atoms. The predicted molar refractivity (Wildman–Crippen MR) is 84.1 cm³/mol. The molecule has 1 saturated heterocycles. The minimum atomic E-state index is -4.34. The average molecular weight is 349 g/mol. The lowest BCUT2D eigenvalue weighted by atomic mass is 9.97. The van der Waals surface area contributed by atoms with Crippen molar-refractivity contribution in [3.8, 4) is 0 Å². The zero-order valence-corrected chi connectivity index (χ0v) is 14.1. The van der Waals surface area contributed by atoms with Crippen molar-refractivity contribution in [2.45, 2.75) is 57.1 Å². The van der Waals surface area contributed by atoms with Crippen LogP contribution in [-0.2, 0) is 18.6 Å². The molecule has 2 unspecified atom stereocenters. The molecule has 1 fully saturated rings. The number of carbonyl (C=O) groups is 1. The van der Waals surface area contributed by atoms with E-state index < -0.39 is 13.9 Å². The van der Waals surface area contributed by atoms with Crippen LogP contribution in [0.15, 0.2) is 0 Å². The number of alkyl carbamates (subject to hydrolysis) is 1. The van der Waals surface area contributed by atoms with E-state index in [1.807, 2.05) is 0 Å². The lowest BCUT2D eigenvalue weighted by molar-refractivity contribution is 0.0313. The molecule has 0 aromatic heterocycles. The predicted octanol–water partition coefficient (Wildman–Crippen LogP) is 1.45. The molecule has 132 valence electrons. The van der Waals surface area contributed by atoms with Crippen LogP contribution in [-0.4, -0.2) is 55.6 Å². The Kier molecular flexibility index (Phi) is 9.82. The first kappa shape index (κ1) is 20.4. The van der Waals surface area contributed by atoms with Crippen LogP contribution in [0, 0.1) is 0 Å². The molecule has 1 aliphatic rings. The molecule has 0 aromatic carbocycles. The van der Waals surface area contributed by atoms with Gasteiger partial charge in [-0.05, 0) is 25.7 Å². The number of ether oxygens (including phenoxy) is 2. The number of carbonyl (C=O) groups excluding carboxylic acids is 1. The van der Waals surface area contributed by atoms with Crippen LogP contribution in [0.3, 0.4) is 0 Å². The summed E-state index contributed by atoms with van der Waals surface area (Å²) < 4.78 is 25.1. The normalized spacial score (nSPS) is 21.3. The van der Waals surface area contributed by atoms with E-state index >= 15 is 0 Å². The Morgan fingerprint density at radius 2 is 1.91 bits per heavy atom. The topological polar surface area (TPSA) is 114 Å². The van der Waals surface area contributed by atoms with Gasteiger partial charge in [-0.2, -0.15) is 0 Å². The summed E-state index contributed by atoms with van der Waals surface area (Å²) in [5.74, 6) is 0. The zero-order valence-electron chi connectivity index (χ0n) is 13.2. The lowest BCUT2D eigenvalue weighted by Crippen LogP contribution is -2.28. The van der Waals surface area contributed by atoms with Gasteiger partial charge < -0.3 is 24.6 Å². The van der Waals surface area contributed by atoms with Crippen LogP contribution in [0.25, 0.3) is 0 Å². The molecule has 0 aliphatic carbocycles. The van der Waals surface area contributed by atoms with Crippen LogP contribution < -0.4 is 5.32 Å². The van der Waals surface area contributed by atoms with Crippen molar-refractivity contribution in [2.75, 3.05) is 19.8 Å². The van der Waals surface area contributed by atoms with E-state index in [2.05, 4.69) is 9.84 Å². The molecule has 2 atom stereocenters. The van der Waals surface area contributed by atoms with Crippen molar-refractivity contribution in [3.63, 3.8) is 0 Å². The number of phosphoric ester groups is 1. The van der Waals surface area contributed by atoms with Crippen LogP contribution in [0.1, 0.15) is 44.9 Å². The molecule has 1 heterocycles. The van der Waals surface area contributed by atoms with Gasteiger partial charge in [0.15, 0.2) is 0 Å². The van der Waals surface area contributed by atoms with Gasteiger partial charge in [-0.3, -0.25) is 4.52 Å². The van der Waals surface area contributed by atoms with Crippen molar-refractivity contribution >= 4 is 21.8 Å². The van der Waals surface area contributed by atoms with Crippen molar-refractivity contribution < 1.29 is 33.1 Å². The van der Waals surface area contributed by atoms with Gasteiger partial charge in [0.1, 0.15) is 14.5 Å². The lowest BCUT2D eigenvalue weighted by Gasteiger charge is -2.12. The maximum atomic E-state index is 11.4. The third kappa shape index (κ3) is 11.6. The van der Waals surface area contributed by atoms with Crippen LogP contribution in [0.4, 0.5) is 4.79 Å². The van der Waals surface area contributed by atoms with Gasteiger partial charge in [0.25, 0.3) is 0 Å². The maximum absolute atomic E-state index is 11.4. The Morgan fingerprint density at radius 3 is 2.57 bits per heavy atom. The largest absolute Gasteiger partial charge is 0.469 e. The summed E-state index contributed by atoms with van der Waals surface area (Å²) in [5.41, 5.74) is 0. The first-order chi connectivity index (χ1) is 10.9. The first-order valence-electron chi connectivity index (χ1n) is 7.88. The van der Waals surface area contributed by atoms with Crippen molar-refractivity contribution in [2.24, 2.45) is 0 Å². The molecule has 1 rings (SSSR count). The summed E-state index contributed by atoms with van der Waals surface area (Å²) >= 11 is 0. The van der Waals surface area contributed by atoms with Gasteiger partial charge in [-0.15, -0.1) is 0 Å². The fraction of sp³-hybridized carbons (Fsp3) is 0.923. The first-order valence-corrected chi connectivity index (χ1v) is 9.41. The van der Waals surface area contributed by atoms with Gasteiger partial charge in [-0.1, -0.05) is 19.3 Å². The molecule has 3 N–H and O–H groups in total. The highest BCUT2D eigenvalue weighted by Gasteiger charge is 2.22. The Hall–Kier alpha value is -0.595. The minimum Gasteiger partial charge on any atom is -0.447 e. The van der Waals surface area contributed by atoms with E-state index in [9.17, 15) is 9.36 Å². The second kappa shape index (κ2) is 11.0. The molecular weight excluding hydrogens is 324 g/mol. The molecule has 0 saturated carbocycles. The Bertz CT molecular complexity index is 393. The van der Waals surface area contributed by atoms with Gasteiger partial charge in [-0.25, -0.2) is 9.36 Å². The van der Waals surface area contributed by atoms with Crippen LogP contribution in [0.2, 0.25) is 0 Å². The van der Waals surface area contributed by atoms with E-state index in [0.717, 1.165) is 38.5 Å². The molecule has 10 heteroatoms. The number of nitrogens with one attached hydrogen (secondary N) is 1. The van der Waals surface area contributed by atoms with Crippen LogP contribution in [0.5, 0.6) is 0 Å². The third-order valence-electron chi connectivity index (χ3n) is 3.39. The van der Waals surface area contributed by atoms with Crippen molar-refractivity contribution in [1.29, 1.82) is 0 Å². The molecular formula is C13H25BNO7P. The molecule has 0 bridgehead atoms. The Labute approximate surface area is 137 Å². The van der Waals surface area contributed by atoms with E-state index in [4.69, 9.17) is 27.1 Å². The monoisotopic (exact) mass is 349 g/mol. The second-order valence-corrected chi connectivity index (χ2v) is 6.73. The van der Waals surface area contributed by atoms with E-state index in [0.29, 0.717) is 13.0 Å². The van der Waals surface area contributed by atoms with Gasteiger partial charge >= 0.3 is 13.9 Å². The number of hydrogen-bond acceptors (Lipinski definition) is 5. The maximum Gasteiger partial charge on any atom is 0.469 e. The summed E-state index contributed by atoms with van der Waals surface area (Å²) in [5, 5.41) is 2.66. The summed E-state index contributed by atoms with van der Waals surface area (Å²) in [6, 6.07) is -0.251. The number of rotatable bonds is 11. The molecule has 8 nitrogen and oxygen atoms in total. The fourth-order valence-corrected chi connectivity index (χ4v) is 2.57. The Balaban J connectivity index is 1.85. The number of unbranched alkanes of at least 4 members (excludes halogenated alkanes) is 4. The summed E-state index contributed by atoms with van der Waals surface area (Å²) in [6.45, 7) is 0.809. The standard InChI is InChI=1S/C13H25BNO7P/c14-12-7-6-11(22-12)10-20-13(16)15-8-4-2-1-3-5-9-21-23(17,18)19/h11-12H,1-10H2,(H,15,16)(H2,17,18,19). The molecule has 1 amide bonds. The molecule has 0 spiro atoms. The molecule has 0 aromatic rings. The second-order valence-electron chi connectivity index (χ2n) is 5.49. The van der Waals surface area contributed by atoms with Gasteiger partial charge in [0.05, 0.1) is 12.7 Å². The highest BCUT2D eigenvalue weighted by atomic mass is 31.2. The summed E-state index contributed by atoms with van der Waals surface area (Å²) in [4.78, 5) is 28.4. The number of amides is 1. The fourth-order valence-electron chi connectivity index (χ4n) is 2.21. The van der Waals surface area contributed by atoms with E-state index in [1.54, 1.807) is 0 Å².